The second-order valence-electron chi connectivity index (χ2n) is 3.34. The Balaban J connectivity index is 2.00. The van der Waals surface area contributed by atoms with Crippen molar-refractivity contribution in [1.29, 1.82) is 0 Å². The smallest absolute Gasteiger partial charge is 0.287 e. The third-order valence-corrected chi connectivity index (χ3v) is 2.23. The Morgan fingerprint density at radius 2 is 2.47 bits per heavy atom. The second kappa shape index (κ2) is 4.22. The van der Waals surface area contributed by atoms with Crippen molar-refractivity contribution in [3.63, 3.8) is 0 Å². The standard InChI is InChI=1S/C9H11N3O3/c13-12(14)7-1-2-9(11-5-7)15-8-3-4-10-6-8/h1-2,5,8,10H,3-4,6H2. The van der Waals surface area contributed by atoms with Gasteiger partial charge in [-0.3, -0.25) is 10.1 Å². The van der Waals surface area contributed by atoms with Crippen LogP contribution in [0.25, 0.3) is 0 Å². The highest BCUT2D eigenvalue weighted by Crippen LogP contribution is 2.16. The highest BCUT2D eigenvalue weighted by molar-refractivity contribution is 5.28. The molecule has 0 aromatic carbocycles. The van der Waals surface area contributed by atoms with E-state index in [0.717, 1.165) is 19.5 Å². The number of nitrogens with one attached hydrogen (secondary N) is 1. The summed E-state index contributed by atoms with van der Waals surface area (Å²) < 4.78 is 5.51. The van der Waals surface area contributed by atoms with Crippen molar-refractivity contribution in [2.75, 3.05) is 13.1 Å². The summed E-state index contributed by atoms with van der Waals surface area (Å²) in [6.07, 6.45) is 2.27. The molecule has 0 spiro atoms. The molecule has 6 nitrogen and oxygen atoms in total. The van der Waals surface area contributed by atoms with E-state index >= 15 is 0 Å². The normalized spacial score (nSPS) is 20.1. The van der Waals surface area contributed by atoms with E-state index in [-0.39, 0.29) is 11.8 Å². The van der Waals surface area contributed by atoms with Crippen LogP contribution in [0.5, 0.6) is 5.88 Å². The van der Waals surface area contributed by atoms with Crippen molar-refractivity contribution >= 4 is 5.69 Å². The van der Waals surface area contributed by atoms with E-state index in [2.05, 4.69) is 10.3 Å². The third kappa shape index (κ3) is 2.41. The average molecular weight is 209 g/mol. The molecule has 1 saturated heterocycles. The lowest BCUT2D eigenvalue weighted by Gasteiger charge is -2.10. The third-order valence-electron chi connectivity index (χ3n) is 2.23. The Kier molecular flexibility index (Phi) is 2.77. The van der Waals surface area contributed by atoms with Gasteiger partial charge in [0, 0.05) is 18.7 Å². The van der Waals surface area contributed by atoms with Crippen molar-refractivity contribution < 1.29 is 9.66 Å². The van der Waals surface area contributed by atoms with Gasteiger partial charge in [-0.2, -0.15) is 0 Å². The first kappa shape index (κ1) is 9.85. The summed E-state index contributed by atoms with van der Waals surface area (Å²) in [5, 5.41) is 13.5. The van der Waals surface area contributed by atoms with Crippen LogP contribution in [0, 0.1) is 10.1 Å². The molecule has 0 aliphatic carbocycles. The first-order valence-corrected chi connectivity index (χ1v) is 4.73. The van der Waals surface area contributed by atoms with Gasteiger partial charge >= 0.3 is 0 Å². The summed E-state index contributed by atoms with van der Waals surface area (Å²) >= 11 is 0. The van der Waals surface area contributed by atoms with Gasteiger partial charge in [-0.15, -0.1) is 0 Å². The number of rotatable bonds is 3. The largest absolute Gasteiger partial charge is 0.473 e. The quantitative estimate of drug-likeness (QED) is 0.586. The summed E-state index contributed by atoms with van der Waals surface area (Å²) in [7, 11) is 0. The van der Waals surface area contributed by atoms with Gasteiger partial charge in [0.2, 0.25) is 5.88 Å². The molecule has 0 radical (unpaired) electrons. The SMILES string of the molecule is O=[N+]([O-])c1ccc(OC2CCNC2)nc1. The van der Waals surface area contributed by atoms with Crippen molar-refractivity contribution in [2.24, 2.45) is 0 Å². The zero-order valence-corrected chi connectivity index (χ0v) is 8.05. The molecule has 1 aromatic heterocycles. The summed E-state index contributed by atoms with van der Waals surface area (Å²) in [6.45, 7) is 1.75. The van der Waals surface area contributed by atoms with Crippen molar-refractivity contribution in [3.05, 3.63) is 28.4 Å². The fraction of sp³-hybridized carbons (Fsp3) is 0.444. The van der Waals surface area contributed by atoms with E-state index < -0.39 is 4.92 Å². The van der Waals surface area contributed by atoms with Crippen molar-refractivity contribution in [1.82, 2.24) is 10.3 Å². The number of ether oxygens (including phenoxy) is 1. The lowest BCUT2D eigenvalue weighted by Crippen LogP contribution is -2.19. The maximum atomic E-state index is 10.4. The molecule has 1 aliphatic rings. The monoisotopic (exact) mass is 209 g/mol. The van der Waals surface area contributed by atoms with Crippen LogP contribution in [0.4, 0.5) is 5.69 Å². The minimum Gasteiger partial charge on any atom is -0.473 e. The second-order valence-corrected chi connectivity index (χ2v) is 3.34. The van der Waals surface area contributed by atoms with Crippen LogP contribution < -0.4 is 10.1 Å². The number of hydrogen-bond acceptors (Lipinski definition) is 5. The van der Waals surface area contributed by atoms with E-state index in [9.17, 15) is 10.1 Å². The number of aromatic nitrogens is 1. The molecule has 6 heteroatoms. The van der Waals surface area contributed by atoms with Crippen LogP contribution in [-0.2, 0) is 0 Å². The number of nitro groups is 1. The Morgan fingerprint density at radius 1 is 1.60 bits per heavy atom. The summed E-state index contributed by atoms with van der Waals surface area (Å²) in [5.74, 6) is 0.439. The van der Waals surface area contributed by atoms with Gasteiger partial charge in [-0.25, -0.2) is 4.98 Å². The van der Waals surface area contributed by atoms with Crippen molar-refractivity contribution in [3.8, 4) is 5.88 Å². The van der Waals surface area contributed by atoms with Crippen LogP contribution in [0.3, 0.4) is 0 Å². The molecule has 2 heterocycles. The van der Waals surface area contributed by atoms with E-state index in [1.807, 2.05) is 0 Å². The lowest BCUT2D eigenvalue weighted by molar-refractivity contribution is -0.385. The van der Waals surface area contributed by atoms with E-state index in [4.69, 9.17) is 4.74 Å². The molecule has 1 N–H and O–H groups in total. The molecule has 1 atom stereocenters. The minimum atomic E-state index is -0.478. The van der Waals surface area contributed by atoms with Crippen LogP contribution in [0.2, 0.25) is 0 Å². The van der Waals surface area contributed by atoms with Gasteiger partial charge in [-0.05, 0) is 13.0 Å². The number of hydrogen-bond donors (Lipinski definition) is 1. The van der Waals surface area contributed by atoms with Gasteiger partial charge in [0.1, 0.15) is 12.3 Å². The Bertz CT molecular complexity index is 346. The van der Waals surface area contributed by atoms with E-state index in [1.165, 1.54) is 18.3 Å². The zero-order chi connectivity index (χ0) is 10.7. The molecule has 0 amide bonds. The van der Waals surface area contributed by atoms with Crippen LogP contribution in [0.1, 0.15) is 6.42 Å². The van der Waals surface area contributed by atoms with Crippen molar-refractivity contribution in [2.45, 2.75) is 12.5 Å². The summed E-state index contributed by atoms with van der Waals surface area (Å²) in [5.41, 5.74) is -0.0214. The average Bonchev–Trinajstić information content (AvgIpc) is 2.71. The highest BCUT2D eigenvalue weighted by atomic mass is 16.6. The van der Waals surface area contributed by atoms with Crippen LogP contribution >= 0.6 is 0 Å². The molecular weight excluding hydrogens is 198 g/mol. The Morgan fingerprint density at radius 3 is 3.00 bits per heavy atom. The molecule has 0 saturated carbocycles. The number of nitrogens with zero attached hydrogens (tertiary/aromatic N) is 2. The lowest BCUT2D eigenvalue weighted by atomic mass is 10.3. The van der Waals surface area contributed by atoms with Gasteiger partial charge in [-0.1, -0.05) is 0 Å². The van der Waals surface area contributed by atoms with E-state index in [0.29, 0.717) is 5.88 Å². The fourth-order valence-corrected chi connectivity index (χ4v) is 1.45. The summed E-state index contributed by atoms with van der Waals surface area (Å²) in [6, 6.07) is 2.92. The Labute approximate surface area is 86.4 Å². The minimum absolute atomic E-state index is 0.0214. The molecule has 80 valence electrons. The van der Waals surface area contributed by atoms with Gasteiger partial charge < -0.3 is 10.1 Å². The Hall–Kier alpha value is -1.69. The maximum Gasteiger partial charge on any atom is 0.287 e. The van der Waals surface area contributed by atoms with Gasteiger partial charge in [0.25, 0.3) is 5.69 Å². The predicted molar refractivity (Wildman–Crippen MR) is 52.8 cm³/mol. The number of pyridine rings is 1. The van der Waals surface area contributed by atoms with E-state index in [1.54, 1.807) is 0 Å². The summed E-state index contributed by atoms with van der Waals surface area (Å²) in [4.78, 5) is 13.8. The van der Waals surface area contributed by atoms with Crippen LogP contribution in [-0.4, -0.2) is 29.1 Å². The molecule has 1 aliphatic heterocycles. The molecule has 15 heavy (non-hydrogen) atoms. The highest BCUT2D eigenvalue weighted by Gasteiger charge is 2.16. The fourth-order valence-electron chi connectivity index (χ4n) is 1.45. The van der Waals surface area contributed by atoms with Gasteiger partial charge in [0.05, 0.1) is 4.92 Å². The predicted octanol–water partition coefficient (Wildman–Crippen LogP) is 0.730. The first-order valence-electron chi connectivity index (χ1n) is 4.73. The molecule has 1 aromatic rings. The first-order chi connectivity index (χ1) is 7.25. The van der Waals surface area contributed by atoms with Gasteiger partial charge in [0.15, 0.2) is 0 Å². The van der Waals surface area contributed by atoms with Crippen LogP contribution in [0.15, 0.2) is 18.3 Å². The molecule has 0 bridgehead atoms. The maximum absolute atomic E-state index is 10.4. The molecular formula is C9H11N3O3. The topological polar surface area (TPSA) is 77.3 Å². The zero-order valence-electron chi connectivity index (χ0n) is 8.05. The molecule has 1 unspecified atom stereocenters. The molecule has 2 rings (SSSR count). The molecule has 1 fully saturated rings.